The minimum atomic E-state index is -3.71. The van der Waals surface area contributed by atoms with Crippen molar-refractivity contribution < 1.29 is 13.2 Å². The number of anilines is 3. The topological polar surface area (TPSA) is 46.6 Å². The quantitative estimate of drug-likeness (QED) is 0.185. The molecular formula is C42H29NO3SSi. The second-order valence-electron chi connectivity index (χ2n) is 12.1. The Morgan fingerprint density at radius 1 is 0.458 bits per heavy atom. The molecule has 0 radical (unpaired) electrons. The van der Waals surface area contributed by atoms with E-state index in [1.807, 2.05) is 18.2 Å². The lowest BCUT2D eigenvalue weighted by atomic mass is 10.0. The Morgan fingerprint density at radius 2 is 0.958 bits per heavy atom. The molecule has 9 rings (SSSR count). The Hall–Kier alpha value is -5.69. The van der Waals surface area contributed by atoms with Gasteiger partial charge in [0.15, 0.2) is 8.07 Å². The van der Waals surface area contributed by atoms with Gasteiger partial charge in [0.1, 0.15) is 21.3 Å². The molecule has 0 saturated carbocycles. The van der Waals surface area contributed by atoms with Crippen LogP contribution in [0.5, 0.6) is 11.5 Å². The van der Waals surface area contributed by atoms with E-state index in [0.29, 0.717) is 11.5 Å². The van der Waals surface area contributed by atoms with Crippen molar-refractivity contribution in [3.8, 4) is 22.6 Å². The maximum Gasteiger partial charge on any atom is 0.213 e. The zero-order valence-electron chi connectivity index (χ0n) is 25.8. The summed E-state index contributed by atoms with van der Waals surface area (Å²) < 4.78 is 33.3. The van der Waals surface area contributed by atoms with Crippen LogP contribution in [0.4, 0.5) is 17.1 Å². The molecule has 7 aromatic carbocycles. The SMILES string of the molecule is O=S1(=O)c2ccccc2Oc2cc(-c3ccccc3N3c4ccccc4[Si](c4ccccc4)(c4ccccc4)c4ccccc43)ccc21. The van der Waals surface area contributed by atoms with Gasteiger partial charge in [-0.05, 0) is 68.8 Å². The minimum absolute atomic E-state index is 0.178. The molecule has 0 bridgehead atoms. The second-order valence-corrected chi connectivity index (χ2v) is 17.7. The first-order valence-corrected chi connectivity index (χ1v) is 19.4. The highest BCUT2D eigenvalue weighted by molar-refractivity contribution is 7.91. The van der Waals surface area contributed by atoms with Gasteiger partial charge in [-0.15, -0.1) is 0 Å². The fourth-order valence-electron chi connectivity index (χ4n) is 7.55. The molecule has 0 aliphatic carbocycles. The number of fused-ring (bicyclic) bond motifs is 4. The second kappa shape index (κ2) is 10.9. The molecule has 2 heterocycles. The fraction of sp³-hybridized carbons (Fsp3) is 0. The van der Waals surface area contributed by atoms with Crippen LogP contribution >= 0.6 is 0 Å². The minimum Gasteiger partial charge on any atom is -0.455 e. The molecule has 0 saturated heterocycles. The average Bonchev–Trinajstić information content (AvgIpc) is 3.14. The highest BCUT2D eigenvalue weighted by Gasteiger charge is 2.48. The number of sulfone groups is 1. The molecule has 0 amide bonds. The summed E-state index contributed by atoms with van der Waals surface area (Å²) in [6.45, 7) is 0. The van der Waals surface area contributed by atoms with Crippen molar-refractivity contribution in [2.24, 2.45) is 0 Å². The van der Waals surface area contributed by atoms with Gasteiger partial charge < -0.3 is 9.64 Å². The number of rotatable bonds is 4. The van der Waals surface area contributed by atoms with Crippen LogP contribution < -0.4 is 30.4 Å². The van der Waals surface area contributed by atoms with E-state index in [1.54, 1.807) is 30.3 Å². The van der Waals surface area contributed by atoms with E-state index >= 15 is 0 Å². The lowest BCUT2D eigenvalue weighted by Crippen LogP contribution is -2.77. The van der Waals surface area contributed by atoms with Crippen molar-refractivity contribution in [3.63, 3.8) is 0 Å². The van der Waals surface area contributed by atoms with Crippen LogP contribution in [0.3, 0.4) is 0 Å². The first kappa shape index (κ1) is 28.5. The van der Waals surface area contributed by atoms with E-state index in [2.05, 4.69) is 132 Å². The standard InChI is InChI=1S/C42H29NO3SSi/c44-47(45)39-24-12-11-23-37(39)46-38-29-30(27-28-40(38)47)33-19-7-8-20-34(33)43-35-21-9-13-25-41(35)48(31-15-3-1-4-16-31,32-17-5-2-6-18-32)42-26-14-10-22-36(42)43/h1-29H. The molecule has 7 aromatic rings. The zero-order valence-corrected chi connectivity index (χ0v) is 27.6. The van der Waals surface area contributed by atoms with Gasteiger partial charge in [-0.25, -0.2) is 8.42 Å². The predicted octanol–water partition coefficient (Wildman–Crippen LogP) is 7.45. The molecule has 2 aliphatic heterocycles. The third-order valence-electron chi connectivity index (χ3n) is 9.56. The van der Waals surface area contributed by atoms with Crippen molar-refractivity contribution in [1.29, 1.82) is 0 Å². The molecule has 0 aromatic heterocycles. The average molecular weight is 656 g/mol. The molecule has 2 aliphatic rings. The Kier molecular flexibility index (Phi) is 6.50. The fourth-order valence-corrected chi connectivity index (χ4v) is 14.1. The van der Waals surface area contributed by atoms with Crippen LogP contribution in [-0.2, 0) is 9.84 Å². The number of ether oxygens (including phenoxy) is 1. The highest BCUT2D eigenvalue weighted by atomic mass is 32.2. The summed E-state index contributed by atoms with van der Waals surface area (Å²) in [5.41, 5.74) is 5.11. The van der Waals surface area contributed by atoms with Gasteiger partial charge >= 0.3 is 0 Å². The van der Waals surface area contributed by atoms with Gasteiger partial charge in [0, 0.05) is 16.9 Å². The van der Waals surface area contributed by atoms with Crippen molar-refractivity contribution in [1.82, 2.24) is 0 Å². The summed E-state index contributed by atoms with van der Waals surface area (Å²) in [5.74, 6) is 0.678. The normalized spacial score (nSPS) is 14.9. The monoisotopic (exact) mass is 655 g/mol. The van der Waals surface area contributed by atoms with Gasteiger partial charge in [-0.2, -0.15) is 0 Å². The van der Waals surface area contributed by atoms with Gasteiger partial charge in [-0.3, -0.25) is 0 Å². The maximum atomic E-state index is 13.5. The molecule has 4 nitrogen and oxygen atoms in total. The molecule has 0 atom stereocenters. The number of benzene rings is 7. The lowest BCUT2D eigenvalue weighted by molar-refractivity contribution is 0.443. The molecule has 0 fully saturated rings. The first-order chi connectivity index (χ1) is 23.6. The first-order valence-electron chi connectivity index (χ1n) is 15.9. The van der Waals surface area contributed by atoms with E-state index in [1.165, 1.54) is 20.7 Å². The summed E-state index contributed by atoms with van der Waals surface area (Å²) >= 11 is 0. The van der Waals surface area contributed by atoms with Crippen LogP contribution in [0.2, 0.25) is 0 Å². The van der Waals surface area contributed by atoms with E-state index in [0.717, 1.165) is 28.2 Å². The van der Waals surface area contributed by atoms with Crippen molar-refractivity contribution in [2.45, 2.75) is 9.79 Å². The van der Waals surface area contributed by atoms with Gasteiger partial charge in [-0.1, -0.05) is 133 Å². The van der Waals surface area contributed by atoms with Gasteiger partial charge in [0.05, 0.1) is 5.69 Å². The number of nitrogens with zero attached hydrogens (tertiary/aromatic N) is 1. The Labute approximate surface area is 281 Å². The largest absolute Gasteiger partial charge is 0.455 e. The van der Waals surface area contributed by atoms with Gasteiger partial charge in [0.25, 0.3) is 0 Å². The van der Waals surface area contributed by atoms with Crippen molar-refractivity contribution >= 4 is 55.7 Å². The van der Waals surface area contributed by atoms with Crippen LogP contribution in [0.15, 0.2) is 186 Å². The lowest BCUT2D eigenvalue weighted by Gasteiger charge is -2.45. The predicted molar refractivity (Wildman–Crippen MR) is 196 cm³/mol. The molecule has 0 spiro atoms. The van der Waals surface area contributed by atoms with Crippen molar-refractivity contribution in [3.05, 3.63) is 176 Å². The van der Waals surface area contributed by atoms with E-state index in [9.17, 15) is 8.42 Å². The summed E-state index contributed by atoms with van der Waals surface area (Å²) in [7, 11) is -6.45. The molecule has 230 valence electrons. The molecular weight excluding hydrogens is 627 g/mol. The molecule has 6 heteroatoms. The smallest absolute Gasteiger partial charge is 0.213 e. The van der Waals surface area contributed by atoms with Crippen LogP contribution in [0.25, 0.3) is 11.1 Å². The number of para-hydroxylation sites is 4. The third-order valence-corrected chi connectivity index (χ3v) is 16.3. The van der Waals surface area contributed by atoms with Crippen LogP contribution in [0.1, 0.15) is 0 Å². The van der Waals surface area contributed by atoms with E-state index in [-0.39, 0.29) is 9.79 Å². The van der Waals surface area contributed by atoms with Crippen LogP contribution in [-0.4, -0.2) is 16.5 Å². The van der Waals surface area contributed by atoms with Crippen LogP contribution in [0, 0.1) is 0 Å². The maximum absolute atomic E-state index is 13.5. The zero-order chi connectivity index (χ0) is 32.3. The molecule has 0 N–H and O–H groups in total. The Bertz CT molecular complexity index is 2370. The molecule has 48 heavy (non-hydrogen) atoms. The third kappa shape index (κ3) is 4.10. The van der Waals surface area contributed by atoms with Crippen molar-refractivity contribution in [2.75, 3.05) is 4.90 Å². The highest BCUT2D eigenvalue weighted by Crippen LogP contribution is 2.47. The summed E-state index contributed by atoms with van der Waals surface area (Å²) in [6, 6.07) is 60.1. The molecule has 0 unspecified atom stereocenters. The van der Waals surface area contributed by atoms with Gasteiger partial charge in [0.2, 0.25) is 9.84 Å². The summed E-state index contributed by atoms with van der Waals surface area (Å²) in [4.78, 5) is 2.75. The van der Waals surface area contributed by atoms with E-state index in [4.69, 9.17) is 4.74 Å². The number of hydrogen-bond donors (Lipinski definition) is 0. The summed E-state index contributed by atoms with van der Waals surface area (Å²) in [5, 5.41) is 5.29. The Morgan fingerprint density at radius 3 is 1.60 bits per heavy atom. The van der Waals surface area contributed by atoms with E-state index < -0.39 is 17.9 Å². The number of hydrogen-bond acceptors (Lipinski definition) is 4. The summed E-state index contributed by atoms with van der Waals surface area (Å²) in [6.07, 6.45) is 0. The Balaban J connectivity index is 1.28.